The number of ether oxygens (including phenoxy) is 1. The molecule has 5 nitrogen and oxygen atoms in total. The Morgan fingerprint density at radius 2 is 1.84 bits per heavy atom. The third kappa shape index (κ3) is 5.04. The molecule has 1 heterocycles. The van der Waals surface area contributed by atoms with Gasteiger partial charge in [-0.25, -0.2) is 4.99 Å². The fraction of sp³-hybridized carbons (Fsp3) is 0.719. The average Bonchev–Trinajstić information content (AvgIpc) is 3.45. The Labute approximate surface area is 223 Å². The lowest BCUT2D eigenvalue weighted by Gasteiger charge is -2.44. The highest BCUT2D eigenvalue weighted by Gasteiger charge is 2.56. The lowest BCUT2D eigenvalue weighted by Crippen LogP contribution is -2.35. The molecule has 4 aliphatic carbocycles. The molecule has 0 aromatic rings. The van der Waals surface area contributed by atoms with E-state index in [0.29, 0.717) is 37.2 Å². The Morgan fingerprint density at radius 1 is 1.08 bits per heavy atom. The van der Waals surface area contributed by atoms with Gasteiger partial charge in [0.15, 0.2) is 5.90 Å². The molecule has 0 saturated heterocycles. The molecule has 5 heteroatoms. The number of hydrogen-bond acceptors (Lipinski definition) is 5. The van der Waals surface area contributed by atoms with Crippen molar-refractivity contribution >= 4 is 5.90 Å². The second-order valence-electron chi connectivity index (χ2n) is 13.5. The van der Waals surface area contributed by atoms with Gasteiger partial charge >= 0.3 is 0 Å². The molecule has 0 aromatic carbocycles. The Hall–Kier alpha value is -1.69. The highest BCUT2D eigenvalue weighted by atomic mass is 16.5. The van der Waals surface area contributed by atoms with Gasteiger partial charge in [-0.05, 0) is 99.5 Å². The van der Waals surface area contributed by atoms with Crippen LogP contribution in [-0.4, -0.2) is 51.7 Å². The Kier molecular flexibility index (Phi) is 7.13. The smallest absolute Gasteiger partial charge is 0.193 e. The van der Waals surface area contributed by atoms with Crippen LogP contribution in [0.1, 0.15) is 85.5 Å². The number of allylic oxidation sites excluding steroid dienone is 4. The highest BCUT2D eigenvalue weighted by Crippen LogP contribution is 2.60. The van der Waals surface area contributed by atoms with Crippen molar-refractivity contribution in [3.05, 3.63) is 47.6 Å². The molecule has 1 aliphatic heterocycles. The van der Waals surface area contributed by atoms with Gasteiger partial charge in [-0.2, -0.15) is 0 Å². The number of rotatable bonds is 6. The van der Waals surface area contributed by atoms with Crippen LogP contribution in [0, 0.1) is 28.6 Å². The summed E-state index contributed by atoms with van der Waals surface area (Å²) in [5.74, 6) is 2.30. The second kappa shape index (κ2) is 9.81. The molecule has 0 spiro atoms. The topological polar surface area (TPSA) is 82.3 Å². The van der Waals surface area contributed by atoms with Gasteiger partial charge in [0.2, 0.25) is 0 Å². The molecular formula is C32H47NO4. The number of aliphatic hydroxyl groups is 3. The lowest BCUT2D eigenvalue weighted by atomic mass is 9.61. The van der Waals surface area contributed by atoms with E-state index in [2.05, 4.69) is 52.5 Å². The largest absolute Gasteiger partial charge is 0.478 e. The van der Waals surface area contributed by atoms with Crippen molar-refractivity contribution in [1.82, 2.24) is 0 Å². The van der Waals surface area contributed by atoms with Crippen molar-refractivity contribution in [3.63, 3.8) is 0 Å². The molecular weight excluding hydrogens is 462 g/mol. The molecule has 204 valence electrons. The normalized spacial score (nSPS) is 40.5. The van der Waals surface area contributed by atoms with Crippen LogP contribution in [0.4, 0.5) is 0 Å². The Morgan fingerprint density at radius 3 is 2.51 bits per heavy atom. The number of hydrogen-bond donors (Lipinski definition) is 3. The van der Waals surface area contributed by atoms with Crippen LogP contribution in [0.5, 0.6) is 0 Å². The lowest BCUT2D eigenvalue weighted by molar-refractivity contribution is 0.0862. The van der Waals surface area contributed by atoms with Crippen LogP contribution in [-0.2, 0) is 4.74 Å². The minimum atomic E-state index is -0.641. The first-order valence-electron chi connectivity index (χ1n) is 14.5. The summed E-state index contributed by atoms with van der Waals surface area (Å²) in [7, 11) is 0. The summed E-state index contributed by atoms with van der Waals surface area (Å²) in [4.78, 5) is 4.77. The van der Waals surface area contributed by atoms with Gasteiger partial charge in [0.25, 0.3) is 0 Å². The number of aliphatic hydroxyl groups excluding tert-OH is 3. The van der Waals surface area contributed by atoms with Crippen molar-refractivity contribution in [3.8, 4) is 0 Å². The monoisotopic (exact) mass is 509 g/mol. The molecule has 0 unspecified atom stereocenters. The fourth-order valence-corrected chi connectivity index (χ4v) is 7.82. The van der Waals surface area contributed by atoms with E-state index in [9.17, 15) is 15.3 Å². The summed E-state index contributed by atoms with van der Waals surface area (Å²) in [6, 6.07) is 0. The summed E-state index contributed by atoms with van der Waals surface area (Å²) in [5.41, 5.74) is 3.00. The zero-order valence-electron chi connectivity index (χ0n) is 23.2. The van der Waals surface area contributed by atoms with E-state index in [-0.39, 0.29) is 16.4 Å². The van der Waals surface area contributed by atoms with Crippen molar-refractivity contribution in [1.29, 1.82) is 0 Å². The van der Waals surface area contributed by atoms with Crippen LogP contribution < -0.4 is 0 Å². The maximum absolute atomic E-state index is 11.1. The van der Waals surface area contributed by atoms with Gasteiger partial charge in [0.05, 0.1) is 29.3 Å². The zero-order valence-corrected chi connectivity index (χ0v) is 23.2. The van der Waals surface area contributed by atoms with Gasteiger partial charge in [0.1, 0.15) is 6.61 Å². The van der Waals surface area contributed by atoms with E-state index in [1.54, 1.807) is 0 Å². The summed E-state index contributed by atoms with van der Waals surface area (Å²) in [6.07, 6.45) is 15.8. The molecule has 5 aliphatic rings. The van der Waals surface area contributed by atoms with Gasteiger partial charge in [-0.15, -0.1) is 0 Å². The first-order chi connectivity index (χ1) is 17.4. The van der Waals surface area contributed by atoms with E-state index >= 15 is 0 Å². The minimum absolute atomic E-state index is 0.193. The Bertz CT molecular complexity index is 1030. The zero-order chi connectivity index (χ0) is 26.6. The highest BCUT2D eigenvalue weighted by molar-refractivity contribution is 5.88. The molecule has 4 saturated carbocycles. The molecule has 5 rings (SSSR count). The minimum Gasteiger partial charge on any atom is -0.478 e. The molecule has 0 radical (unpaired) electrons. The van der Waals surface area contributed by atoms with Crippen molar-refractivity contribution in [2.75, 3.05) is 6.61 Å². The Balaban J connectivity index is 1.28. The van der Waals surface area contributed by atoms with Crippen LogP contribution in [0.2, 0.25) is 0 Å². The third-order valence-corrected chi connectivity index (χ3v) is 10.3. The van der Waals surface area contributed by atoms with E-state index < -0.39 is 18.3 Å². The van der Waals surface area contributed by atoms with Gasteiger partial charge in [-0.3, -0.25) is 0 Å². The molecule has 4 fully saturated rings. The maximum Gasteiger partial charge on any atom is 0.193 e. The second-order valence-corrected chi connectivity index (χ2v) is 13.5. The van der Waals surface area contributed by atoms with E-state index in [0.717, 1.165) is 36.3 Å². The van der Waals surface area contributed by atoms with E-state index in [1.165, 1.54) is 31.3 Å². The first kappa shape index (κ1) is 26.9. The number of fused-ring (bicyclic) bond motifs is 1. The molecule has 3 N–H and O–H groups in total. The number of nitrogens with zero attached hydrogens (tertiary/aromatic N) is 1. The molecule has 7 atom stereocenters. The molecule has 0 amide bonds. The molecule has 37 heavy (non-hydrogen) atoms. The van der Waals surface area contributed by atoms with Crippen molar-refractivity contribution < 1.29 is 20.1 Å². The summed E-state index contributed by atoms with van der Waals surface area (Å²) < 4.78 is 5.92. The average molecular weight is 510 g/mol. The van der Waals surface area contributed by atoms with Gasteiger partial charge < -0.3 is 20.1 Å². The van der Waals surface area contributed by atoms with Crippen LogP contribution in [0.3, 0.4) is 0 Å². The maximum atomic E-state index is 11.1. The molecule has 0 bridgehead atoms. The van der Waals surface area contributed by atoms with Crippen LogP contribution >= 0.6 is 0 Å². The van der Waals surface area contributed by atoms with E-state index in [4.69, 9.17) is 9.73 Å². The SMILES string of the molecule is C=C1C(=CC=C2CCC[C@]3(C)[C@@H]([C@H](C)C=C[C@H](O)C4(C5=NC(C)(C)CO5)CC4)CC[C@@H]23)C[C@@H](O)C[C@@H]1O. The van der Waals surface area contributed by atoms with Gasteiger partial charge in [-0.1, -0.05) is 50.3 Å². The summed E-state index contributed by atoms with van der Waals surface area (Å²) in [5, 5.41) is 31.5. The third-order valence-electron chi connectivity index (χ3n) is 10.3. The first-order valence-corrected chi connectivity index (χ1v) is 14.5. The predicted octanol–water partition coefficient (Wildman–Crippen LogP) is 5.67. The fourth-order valence-electron chi connectivity index (χ4n) is 7.82. The van der Waals surface area contributed by atoms with E-state index in [1.807, 2.05) is 6.08 Å². The summed E-state index contributed by atoms with van der Waals surface area (Å²) in [6.45, 7) is 13.6. The van der Waals surface area contributed by atoms with Crippen molar-refractivity contribution in [2.45, 2.75) is 109 Å². The summed E-state index contributed by atoms with van der Waals surface area (Å²) >= 11 is 0. The van der Waals surface area contributed by atoms with Crippen LogP contribution in [0.25, 0.3) is 0 Å². The van der Waals surface area contributed by atoms with Gasteiger partial charge in [0, 0.05) is 6.42 Å². The molecule has 0 aromatic heterocycles. The van der Waals surface area contributed by atoms with Crippen molar-refractivity contribution in [2.24, 2.45) is 33.6 Å². The quantitative estimate of drug-likeness (QED) is 0.403. The predicted molar refractivity (Wildman–Crippen MR) is 148 cm³/mol. The standard InChI is InChI=1S/C32H47NO4/c1-20(8-13-28(36)32(15-16-32)29-33-30(3,4)19-37-29)25-11-12-26-22(7-6-14-31(25,26)5)9-10-23-17-24(34)18-27(35)21(23)2/h8-10,13,20,24-28,34-36H,2,6-7,11-12,14-19H2,1,3-5H3/t20-,24-,25-,26+,27+,28+,31-/m1/s1. The number of aliphatic imine (C=N–C) groups is 1. The van der Waals surface area contributed by atoms with Crippen LogP contribution in [0.15, 0.2) is 52.6 Å².